The molecule has 31 heavy (non-hydrogen) atoms. The zero-order chi connectivity index (χ0) is 22.3. The molecule has 0 amide bonds. The van der Waals surface area contributed by atoms with Crippen LogP contribution in [-0.2, 0) is 11.2 Å². The van der Waals surface area contributed by atoms with Gasteiger partial charge in [-0.3, -0.25) is 4.79 Å². The number of fused-ring (bicyclic) bond motifs is 2. The van der Waals surface area contributed by atoms with Gasteiger partial charge in [-0.1, -0.05) is 31.6 Å². The molecule has 1 aliphatic carbocycles. The van der Waals surface area contributed by atoms with Gasteiger partial charge in [0.15, 0.2) is 17.3 Å². The van der Waals surface area contributed by atoms with Crippen molar-refractivity contribution in [2.45, 2.75) is 59.4 Å². The van der Waals surface area contributed by atoms with Crippen LogP contribution in [0.1, 0.15) is 64.1 Å². The maximum Gasteiger partial charge on any atom is 0.231 e. The molecule has 3 aliphatic rings. The van der Waals surface area contributed by atoms with E-state index in [1.54, 1.807) is 7.11 Å². The maximum absolute atomic E-state index is 13.4. The van der Waals surface area contributed by atoms with Crippen molar-refractivity contribution in [2.75, 3.05) is 27.5 Å². The summed E-state index contributed by atoms with van der Waals surface area (Å²) in [5.41, 5.74) is 4.74. The molecule has 2 heterocycles. The van der Waals surface area contributed by atoms with Crippen molar-refractivity contribution < 1.29 is 23.9 Å². The number of methoxy groups -OCH3 is 1. The Morgan fingerprint density at radius 2 is 2.13 bits per heavy atom. The summed E-state index contributed by atoms with van der Waals surface area (Å²) in [7, 11) is 3.84. The third-order valence-corrected chi connectivity index (χ3v) is 7.51. The lowest BCUT2D eigenvalue weighted by atomic mass is 9.68. The van der Waals surface area contributed by atoms with Crippen molar-refractivity contribution in [2.24, 2.45) is 11.3 Å². The number of hydrogen-bond donors (Lipinski definition) is 1. The summed E-state index contributed by atoms with van der Waals surface area (Å²) < 4.78 is 17.1. The van der Waals surface area contributed by atoms with Gasteiger partial charge in [-0.25, -0.2) is 0 Å². The Hall–Kier alpha value is -2.27. The third kappa shape index (κ3) is 4.00. The molecule has 1 unspecified atom stereocenters. The molecule has 1 aromatic carbocycles. The smallest absolute Gasteiger partial charge is 0.231 e. The summed E-state index contributed by atoms with van der Waals surface area (Å²) in [5, 5.41) is 0. The van der Waals surface area contributed by atoms with Crippen LogP contribution < -0.4 is 19.1 Å². The molecule has 0 saturated heterocycles. The monoisotopic (exact) mass is 426 g/mol. The molecule has 4 rings (SSSR count). The summed E-state index contributed by atoms with van der Waals surface area (Å²) >= 11 is 0. The summed E-state index contributed by atoms with van der Waals surface area (Å²) in [4.78, 5) is 14.7. The minimum Gasteiger partial charge on any atom is -0.492 e. The topological polar surface area (TPSA) is 49.2 Å². The van der Waals surface area contributed by atoms with Gasteiger partial charge in [-0.15, -0.1) is 0 Å². The normalized spacial score (nSPS) is 26.8. The number of Topliss-reactive ketones (excluding diaryl/α,β-unsaturated/α-hetero) is 1. The van der Waals surface area contributed by atoms with E-state index in [1.165, 1.54) is 16.0 Å². The van der Waals surface area contributed by atoms with Gasteiger partial charge in [-0.2, -0.15) is 0 Å². The second kappa shape index (κ2) is 8.34. The molecule has 0 aromatic heterocycles. The van der Waals surface area contributed by atoms with Gasteiger partial charge in [0.05, 0.1) is 32.7 Å². The van der Waals surface area contributed by atoms with Crippen molar-refractivity contribution in [1.82, 2.24) is 0 Å². The fourth-order valence-electron chi connectivity index (χ4n) is 5.51. The zero-order valence-electron chi connectivity index (χ0n) is 19.8. The quantitative estimate of drug-likeness (QED) is 0.574. The average molecular weight is 427 g/mol. The molecule has 0 spiro atoms. The predicted molar refractivity (Wildman–Crippen MR) is 121 cm³/mol. The van der Waals surface area contributed by atoms with Crippen molar-refractivity contribution in [1.29, 1.82) is 0 Å². The predicted octanol–water partition coefficient (Wildman–Crippen LogP) is 3.82. The Bertz CT molecular complexity index is 943. The van der Waals surface area contributed by atoms with Gasteiger partial charge in [0.2, 0.25) is 12.5 Å². The molecule has 0 fully saturated rings. The highest BCUT2D eigenvalue weighted by Gasteiger charge is 2.38. The molecule has 0 radical (unpaired) electrons. The first-order valence-corrected chi connectivity index (χ1v) is 11.4. The number of quaternary nitrogens is 1. The highest BCUT2D eigenvalue weighted by atomic mass is 16.7. The van der Waals surface area contributed by atoms with E-state index in [1.807, 2.05) is 6.92 Å². The molecule has 168 valence electrons. The average Bonchev–Trinajstić information content (AvgIpc) is 3.19. The van der Waals surface area contributed by atoms with Gasteiger partial charge >= 0.3 is 0 Å². The number of nitrogens with one attached hydrogen (secondary N) is 1. The van der Waals surface area contributed by atoms with E-state index in [0.717, 1.165) is 48.4 Å². The molecular formula is C26H36NO4+. The van der Waals surface area contributed by atoms with Gasteiger partial charge in [-0.05, 0) is 49.3 Å². The third-order valence-electron chi connectivity index (χ3n) is 7.51. The van der Waals surface area contributed by atoms with Gasteiger partial charge in [0.25, 0.3) is 0 Å². The Balaban J connectivity index is 1.63. The highest BCUT2D eigenvalue weighted by Crippen LogP contribution is 2.48. The van der Waals surface area contributed by atoms with Crippen LogP contribution in [0.4, 0.5) is 0 Å². The number of ketones is 1. The number of benzene rings is 1. The number of ether oxygens (including phenoxy) is 3. The first-order valence-electron chi connectivity index (χ1n) is 11.4. The van der Waals surface area contributed by atoms with E-state index in [4.69, 9.17) is 14.2 Å². The molecule has 0 bridgehead atoms. The molecule has 1 N–H and O–H groups in total. The van der Waals surface area contributed by atoms with Crippen molar-refractivity contribution in [3.8, 4) is 17.2 Å². The number of hydrogen-bond acceptors (Lipinski definition) is 4. The van der Waals surface area contributed by atoms with Crippen LogP contribution in [0.5, 0.6) is 17.2 Å². The highest BCUT2D eigenvalue weighted by molar-refractivity contribution is 5.95. The maximum atomic E-state index is 13.4. The zero-order valence-corrected chi connectivity index (χ0v) is 19.8. The van der Waals surface area contributed by atoms with Crippen LogP contribution >= 0.6 is 0 Å². The molecule has 3 atom stereocenters. The van der Waals surface area contributed by atoms with Crippen molar-refractivity contribution in [3.05, 3.63) is 40.5 Å². The number of carbonyl (C=O) groups is 1. The van der Waals surface area contributed by atoms with Crippen LogP contribution in [-0.4, -0.2) is 33.3 Å². The Labute approximate surface area is 186 Å². The first-order chi connectivity index (χ1) is 14.7. The van der Waals surface area contributed by atoms with E-state index < -0.39 is 0 Å². The lowest BCUT2D eigenvalue weighted by Crippen LogP contribution is -3.10. The summed E-state index contributed by atoms with van der Waals surface area (Å²) in [6, 6.07) is 2.12. The number of allylic oxidation sites excluding steroid dienone is 4. The summed E-state index contributed by atoms with van der Waals surface area (Å²) in [5.74, 6) is 2.68. The standard InChI is InChI=1S/C26H35NO4/c1-16-8-7-10-26(3,4)19(16)12-17(2)21(28)14-20-23-18(9-11-27(20)5)13-22-24(25(23)29-6)31-15-30-22/h8,12-13,19-20H,7,9-11,14-15H2,1-6H3/p+1/b17-12+/t19-,20+/m0/s1. The van der Waals surface area contributed by atoms with Crippen LogP contribution in [0.25, 0.3) is 0 Å². The SMILES string of the molecule is COc1c2c(cc3c1[C@@H](CC(=O)/C(C)=C/[C@H]1C(C)=CCCC1(C)C)[NH+](C)CC3)OCO2. The van der Waals surface area contributed by atoms with Gasteiger partial charge in [0, 0.05) is 12.3 Å². The van der Waals surface area contributed by atoms with Crippen LogP contribution in [0, 0.1) is 11.3 Å². The second-order valence-electron chi connectivity index (χ2n) is 10.0. The first kappa shape index (κ1) is 21.9. The summed E-state index contributed by atoms with van der Waals surface area (Å²) in [6.07, 6.45) is 8.22. The second-order valence-corrected chi connectivity index (χ2v) is 10.0. The van der Waals surface area contributed by atoms with E-state index in [9.17, 15) is 4.79 Å². The Kier molecular flexibility index (Phi) is 5.91. The molecule has 5 heteroatoms. The fourth-order valence-corrected chi connectivity index (χ4v) is 5.51. The number of carbonyl (C=O) groups excluding carboxylic acids is 1. The lowest BCUT2D eigenvalue weighted by molar-refractivity contribution is -0.914. The van der Waals surface area contributed by atoms with E-state index in [0.29, 0.717) is 18.1 Å². The molecular weight excluding hydrogens is 390 g/mol. The Morgan fingerprint density at radius 1 is 1.35 bits per heavy atom. The minimum absolute atomic E-state index is 0.0417. The van der Waals surface area contributed by atoms with Crippen LogP contribution in [0.15, 0.2) is 29.4 Å². The lowest BCUT2D eigenvalue weighted by Gasteiger charge is -2.37. The molecule has 1 aromatic rings. The van der Waals surface area contributed by atoms with Crippen molar-refractivity contribution >= 4 is 5.78 Å². The van der Waals surface area contributed by atoms with Gasteiger partial charge in [0.1, 0.15) is 6.04 Å². The van der Waals surface area contributed by atoms with Crippen molar-refractivity contribution in [3.63, 3.8) is 0 Å². The summed E-state index contributed by atoms with van der Waals surface area (Å²) in [6.45, 7) is 10.00. The molecule has 5 nitrogen and oxygen atoms in total. The van der Waals surface area contributed by atoms with E-state index >= 15 is 0 Å². The number of likely N-dealkylation sites (N-methyl/N-ethyl adjacent to an activating group) is 1. The van der Waals surface area contributed by atoms with Gasteiger partial charge < -0.3 is 19.1 Å². The molecule has 0 saturated carbocycles. The molecule has 2 aliphatic heterocycles. The largest absolute Gasteiger partial charge is 0.492 e. The fraction of sp³-hybridized carbons (Fsp3) is 0.577. The van der Waals surface area contributed by atoms with Crippen LogP contribution in [0.3, 0.4) is 0 Å². The minimum atomic E-state index is 0.0417. The Morgan fingerprint density at radius 3 is 2.84 bits per heavy atom. The number of rotatable bonds is 5. The van der Waals surface area contributed by atoms with E-state index in [-0.39, 0.29) is 24.0 Å². The van der Waals surface area contributed by atoms with Crippen LogP contribution in [0.2, 0.25) is 0 Å². The van der Waals surface area contributed by atoms with E-state index in [2.05, 4.69) is 46.0 Å².